The highest BCUT2D eigenvalue weighted by Gasteiger charge is 2.44. The number of nitrogens with zero attached hydrogens (tertiary/aromatic N) is 4. The van der Waals surface area contributed by atoms with Crippen LogP contribution in [0.2, 0.25) is 0 Å². The fraction of sp³-hybridized carbons (Fsp3) is 0.520. The normalized spacial score (nSPS) is 19.9. The van der Waals surface area contributed by atoms with Crippen LogP contribution in [0.4, 0.5) is 0 Å². The second kappa shape index (κ2) is 8.14. The average molecular weight is 466 g/mol. The molecular formula is C25H31N5O4. The summed E-state index contributed by atoms with van der Waals surface area (Å²) < 4.78 is 8.82. The third-order valence-electron chi connectivity index (χ3n) is 7.48. The molecule has 0 aliphatic carbocycles. The third kappa shape index (κ3) is 3.73. The van der Waals surface area contributed by atoms with Crippen LogP contribution in [-0.4, -0.2) is 48.6 Å². The van der Waals surface area contributed by atoms with Crippen LogP contribution in [0.25, 0.3) is 11.0 Å². The summed E-state index contributed by atoms with van der Waals surface area (Å²) in [5, 5.41) is 0. The number of aromatic nitrogens is 4. The average Bonchev–Trinajstić information content (AvgIpc) is 3.31. The zero-order chi connectivity index (χ0) is 24.2. The summed E-state index contributed by atoms with van der Waals surface area (Å²) >= 11 is 0. The van der Waals surface area contributed by atoms with Crippen molar-refractivity contribution in [2.75, 3.05) is 13.1 Å². The SMILES string of the molecule is Cc1cc2nc(CCC(=O)N3CCCC4(CC3)Cc3c(n(C)c(=O)n(C)c3=O)O4)[nH]c2cc1C. The van der Waals surface area contributed by atoms with Gasteiger partial charge in [0.05, 0.1) is 16.6 Å². The third-order valence-corrected chi connectivity index (χ3v) is 7.48. The van der Waals surface area contributed by atoms with Crippen molar-refractivity contribution in [2.45, 2.75) is 58.0 Å². The number of benzene rings is 1. The Bertz CT molecular complexity index is 1380. The van der Waals surface area contributed by atoms with Crippen molar-refractivity contribution in [2.24, 2.45) is 14.1 Å². The van der Waals surface area contributed by atoms with Crippen molar-refractivity contribution < 1.29 is 9.53 Å². The van der Waals surface area contributed by atoms with Gasteiger partial charge in [0.1, 0.15) is 11.4 Å². The number of fused-ring (bicyclic) bond motifs is 2. The molecule has 1 fully saturated rings. The van der Waals surface area contributed by atoms with Crippen LogP contribution in [0.15, 0.2) is 21.7 Å². The standard InChI is InChI=1S/C25H31N5O4/c1-15-12-18-19(13-16(15)2)27-20(26-18)6-7-21(31)30-10-5-8-25(9-11-30)14-17-22(32)28(3)24(33)29(4)23(17)34-25/h12-13H,5-11,14H2,1-4H3,(H,26,27). The van der Waals surface area contributed by atoms with E-state index in [1.54, 1.807) is 7.05 Å². The number of ether oxygens (including phenoxy) is 1. The molecule has 1 atom stereocenters. The van der Waals surface area contributed by atoms with Crippen LogP contribution >= 0.6 is 0 Å². The van der Waals surface area contributed by atoms with Gasteiger partial charge in [0, 0.05) is 52.9 Å². The van der Waals surface area contributed by atoms with E-state index in [9.17, 15) is 14.4 Å². The van der Waals surface area contributed by atoms with Crippen LogP contribution in [0.3, 0.4) is 0 Å². The van der Waals surface area contributed by atoms with Crippen molar-refractivity contribution in [3.63, 3.8) is 0 Å². The van der Waals surface area contributed by atoms with Crippen molar-refractivity contribution in [3.8, 4) is 5.88 Å². The van der Waals surface area contributed by atoms with E-state index in [0.29, 0.717) is 50.2 Å². The number of amides is 1. The van der Waals surface area contributed by atoms with Gasteiger partial charge in [-0.25, -0.2) is 9.78 Å². The van der Waals surface area contributed by atoms with E-state index in [2.05, 4.69) is 35.9 Å². The fourth-order valence-electron chi connectivity index (χ4n) is 5.26. The summed E-state index contributed by atoms with van der Waals surface area (Å²) in [6, 6.07) is 4.17. The number of nitrogens with one attached hydrogen (secondary N) is 1. The first-order valence-corrected chi connectivity index (χ1v) is 11.9. The lowest BCUT2D eigenvalue weighted by Crippen LogP contribution is -2.38. The molecule has 9 nitrogen and oxygen atoms in total. The largest absolute Gasteiger partial charge is 0.471 e. The first kappa shape index (κ1) is 22.4. The van der Waals surface area contributed by atoms with Gasteiger partial charge >= 0.3 is 5.69 Å². The summed E-state index contributed by atoms with van der Waals surface area (Å²) in [7, 11) is 3.13. The number of aryl methyl sites for hydroxylation is 3. The second-order valence-corrected chi connectivity index (χ2v) is 9.82. The molecule has 0 saturated carbocycles. The highest BCUT2D eigenvalue weighted by atomic mass is 16.5. The topological polar surface area (TPSA) is 102 Å². The lowest BCUT2D eigenvalue weighted by molar-refractivity contribution is -0.131. The quantitative estimate of drug-likeness (QED) is 0.637. The highest BCUT2D eigenvalue weighted by Crippen LogP contribution is 2.38. The first-order valence-electron chi connectivity index (χ1n) is 11.9. The number of carbonyl (C=O) groups excluding carboxylic acids is 1. The molecule has 34 heavy (non-hydrogen) atoms. The van der Waals surface area contributed by atoms with E-state index in [0.717, 1.165) is 34.3 Å². The zero-order valence-electron chi connectivity index (χ0n) is 20.2. The molecule has 1 saturated heterocycles. The zero-order valence-corrected chi connectivity index (χ0v) is 20.2. The van der Waals surface area contributed by atoms with Crippen LogP contribution in [0.1, 0.15) is 48.2 Å². The van der Waals surface area contributed by atoms with E-state index in [1.165, 1.54) is 22.7 Å². The summed E-state index contributed by atoms with van der Waals surface area (Å²) in [5.74, 6) is 1.30. The summed E-state index contributed by atoms with van der Waals surface area (Å²) in [5.41, 5.74) is 3.69. The highest BCUT2D eigenvalue weighted by molar-refractivity contribution is 5.78. The number of likely N-dealkylation sites (tertiary alicyclic amines) is 1. The monoisotopic (exact) mass is 465 g/mol. The summed E-state index contributed by atoms with van der Waals surface area (Å²) in [6.45, 7) is 5.38. The summed E-state index contributed by atoms with van der Waals surface area (Å²) in [6.07, 6.45) is 3.59. The number of carbonyl (C=O) groups is 1. The van der Waals surface area contributed by atoms with Crippen molar-refractivity contribution >= 4 is 16.9 Å². The number of hydrogen-bond donors (Lipinski definition) is 1. The molecule has 3 aromatic rings. The molecule has 0 bridgehead atoms. The van der Waals surface area contributed by atoms with E-state index >= 15 is 0 Å². The molecule has 5 rings (SSSR count). The maximum Gasteiger partial charge on any atom is 0.333 e. The molecule has 2 aliphatic heterocycles. The number of hydrogen-bond acceptors (Lipinski definition) is 5. The Hall–Kier alpha value is -3.36. The predicted molar refractivity (Wildman–Crippen MR) is 128 cm³/mol. The molecule has 1 spiro atoms. The van der Waals surface area contributed by atoms with E-state index in [1.807, 2.05) is 4.90 Å². The van der Waals surface area contributed by atoms with E-state index < -0.39 is 5.60 Å². The molecule has 1 aromatic carbocycles. The Balaban J connectivity index is 1.25. The van der Waals surface area contributed by atoms with Gasteiger partial charge in [-0.2, -0.15) is 0 Å². The Morgan fingerprint density at radius 1 is 1.12 bits per heavy atom. The molecule has 9 heteroatoms. The van der Waals surface area contributed by atoms with Crippen molar-refractivity contribution in [1.29, 1.82) is 0 Å². The number of aromatic amines is 1. The molecule has 180 valence electrons. The molecule has 1 amide bonds. The number of H-pyrrole nitrogens is 1. The molecular weight excluding hydrogens is 434 g/mol. The molecule has 1 N–H and O–H groups in total. The van der Waals surface area contributed by atoms with Gasteiger partial charge in [0.15, 0.2) is 0 Å². The number of rotatable bonds is 3. The minimum absolute atomic E-state index is 0.101. The second-order valence-electron chi connectivity index (χ2n) is 9.82. The van der Waals surface area contributed by atoms with Gasteiger partial charge in [-0.05, 0) is 49.9 Å². The van der Waals surface area contributed by atoms with E-state index in [-0.39, 0.29) is 17.2 Å². The van der Waals surface area contributed by atoms with Crippen LogP contribution in [0, 0.1) is 13.8 Å². The molecule has 4 heterocycles. The smallest absolute Gasteiger partial charge is 0.333 e. The van der Waals surface area contributed by atoms with Gasteiger partial charge in [-0.1, -0.05) is 0 Å². The van der Waals surface area contributed by atoms with Crippen molar-refractivity contribution in [3.05, 3.63) is 55.5 Å². The Morgan fingerprint density at radius 2 is 1.88 bits per heavy atom. The fourth-order valence-corrected chi connectivity index (χ4v) is 5.26. The lowest BCUT2D eigenvalue weighted by atomic mass is 9.90. The van der Waals surface area contributed by atoms with Gasteiger partial charge in [0.25, 0.3) is 5.56 Å². The Morgan fingerprint density at radius 3 is 2.68 bits per heavy atom. The van der Waals surface area contributed by atoms with Gasteiger partial charge in [-0.15, -0.1) is 0 Å². The van der Waals surface area contributed by atoms with E-state index in [4.69, 9.17) is 4.74 Å². The Kier molecular flexibility index (Phi) is 5.37. The molecule has 2 aliphatic rings. The number of imidazole rings is 1. The maximum atomic E-state index is 13.0. The summed E-state index contributed by atoms with van der Waals surface area (Å²) in [4.78, 5) is 47.8. The molecule has 0 radical (unpaired) electrons. The lowest BCUT2D eigenvalue weighted by Gasteiger charge is -2.27. The molecule has 1 unspecified atom stereocenters. The van der Waals surface area contributed by atoms with Crippen LogP contribution < -0.4 is 16.0 Å². The van der Waals surface area contributed by atoms with Gasteiger partial charge in [-0.3, -0.25) is 18.7 Å². The van der Waals surface area contributed by atoms with Crippen LogP contribution in [0.5, 0.6) is 5.88 Å². The van der Waals surface area contributed by atoms with Gasteiger partial charge < -0.3 is 14.6 Å². The van der Waals surface area contributed by atoms with Crippen LogP contribution in [-0.2, 0) is 31.7 Å². The van der Waals surface area contributed by atoms with Crippen molar-refractivity contribution in [1.82, 2.24) is 24.0 Å². The minimum Gasteiger partial charge on any atom is -0.471 e. The maximum absolute atomic E-state index is 13.0. The van der Waals surface area contributed by atoms with Gasteiger partial charge in [0.2, 0.25) is 11.8 Å². The predicted octanol–water partition coefficient (Wildman–Crippen LogP) is 1.90. The first-order chi connectivity index (χ1) is 16.2. The minimum atomic E-state index is -0.538. The Labute approximate surface area is 197 Å². The molecule has 2 aromatic heterocycles.